The van der Waals surface area contributed by atoms with Gasteiger partial charge in [0.15, 0.2) is 11.0 Å². The monoisotopic (exact) mass is 332 g/mol. The molecule has 0 saturated heterocycles. The summed E-state index contributed by atoms with van der Waals surface area (Å²) in [5, 5.41) is 0. The van der Waals surface area contributed by atoms with Gasteiger partial charge in [0, 0.05) is 12.7 Å². The van der Waals surface area contributed by atoms with Crippen molar-refractivity contribution >= 4 is 41.7 Å². The fourth-order valence-electron chi connectivity index (χ4n) is 2.02. The number of ether oxygens (including phenoxy) is 1. The van der Waals surface area contributed by atoms with Crippen LogP contribution in [-0.2, 0) is 11.3 Å². The molecule has 0 radical (unpaired) electrons. The van der Waals surface area contributed by atoms with Gasteiger partial charge in [0.05, 0.1) is 24.5 Å². The first-order valence-electron chi connectivity index (χ1n) is 6.95. The van der Waals surface area contributed by atoms with Gasteiger partial charge in [0.2, 0.25) is 0 Å². The maximum absolute atomic E-state index is 12.2. The van der Waals surface area contributed by atoms with E-state index in [4.69, 9.17) is 20.8 Å². The Balaban J connectivity index is 2.31. The van der Waals surface area contributed by atoms with Gasteiger partial charge in [0.1, 0.15) is 0 Å². The second kappa shape index (κ2) is 8.31. The van der Waals surface area contributed by atoms with E-state index in [0.29, 0.717) is 18.7 Å². The third-order valence-corrected chi connectivity index (χ3v) is 3.25. The second-order valence-corrected chi connectivity index (χ2v) is 4.82. The smallest absolute Gasteiger partial charge is 0.296 e. The van der Waals surface area contributed by atoms with E-state index >= 15 is 0 Å². The van der Waals surface area contributed by atoms with E-state index in [2.05, 4.69) is 11.6 Å². The van der Waals surface area contributed by atoms with E-state index in [9.17, 15) is 4.79 Å². The van der Waals surface area contributed by atoms with E-state index in [1.807, 2.05) is 30.3 Å². The van der Waals surface area contributed by atoms with E-state index in [1.54, 1.807) is 19.3 Å². The molecule has 120 valence electrons. The Hall–Kier alpha value is -2.37. The standard InChI is InChI=1S/C17H17ClN2O3/c1-13-20(10-11-22-2)17(21)16(23-13)9-5-7-14-6-3-4-8-15(14)19-12-18/h3-9,12H,1,10-11H2,2H3/b7-5+,16-9+,19-12+. The van der Waals surface area contributed by atoms with Crippen LogP contribution in [0.5, 0.6) is 0 Å². The van der Waals surface area contributed by atoms with Gasteiger partial charge in [-0.3, -0.25) is 9.36 Å². The van der Waals surface area contributed by atoms with Gasteiger partial charge in [-0.1, -0.05) is 42.0 Å². The minimum Gasteiger partial charge on any atom is -0.436 e. The summed E-state index contributed by atoms with van der Waals surface area (Å²) in [6.45, 7) is 4.55. The quantitative estimate of drug-likeness (QED) is 0.759. The lowest BCUT2D eigenvalue weighted by molar-refractivity contribution is 0.184. The van der Waals surface area contributed by atoms with Gasteiger partial charge in [-0.25, -0.2) is 4.99 Å². The Kier molecular flexibility index (Phi) is 6.14. The molecule has 0 amide bonds. The lowest BCUT2D eigenvalue weighted by atomic mass is 10.1. The molecule has 0 unspecified atom stereocenters. The van der Waals surface area contributed by atoms with Crippen molar-refractivity contribution in [3.05, 3.63) is 57.2 Å². The first kappa shape index (κ1) is 17.0. The number of aliphatic imine (C=N–C) groups is 1. The van der Waals surface area contributed by atoms with E-state index in [-0.39, 0.29) is 11.0 Å². The maximum atomic E-state index is 12.2. The van der Waals surface area contributed by atoms with Crippen molar-refractivity contribution in [1.82, 2.24) is 4.57 Å². The number of methoxy groups -OCH3 is 1. The largest absolute Gasteiger partial charge is 0.436 e. The number of para-hydroxylation sites is 1. The van der Waals surface area contributed by atoms with Crippen LogP contribution in [0.1, 0.15) is 5.56 Å². The molecule has 0 atom stereocenters. The first-order valence-corrected chi connectivity index (χ1v) is 7.38. The molecule has 0 N–H and O–H groups in total. The number of halogens is 1. The molecule has 1 heterocycles. The lowest BCUT2D eigenvalue weighted by Crippen LogP contribution is -2.32. The molecular weight excluding hydrogens is 316 g/mol. The molecule has 1 aromatic heterocycles. The van der Waals surface area contributed by atoms with E-state index in [0.717, 1.165) is 11.3 Å². The van der Waals surface area contributed by atoms with Crippen molar-refractivity contribution in [3.8, 4) is 0 Å². The maximum Gasteiger partial charge on any atom is 0.296 e. The Morgan fingerprint density at radius 3 is 2.96 bits per heavy atom. The molecule has 2 rings (SSSR count). The van der Waals surface area contributed by atoms with Crippen molar-refractivity contribution in [2.24, 2.45) is 4.99 Å². The normalized spacial score (nSPS) is 12.7. The highest BCUT2D eigenvalue weighted by Crippen LogP contribution is 2.19. The molecule has 6 heteroatoms. The molecular formula is C17H17ClN2O3. The van der Waals surface area contributed by atoms with Gasteiger partial charge in [-0.05, 0) is 18.7 Å². The molecule has 0 aliphatic rings. The predicted octanol–water partition coefficient (Wildman–Crippen LogP) is 1.89. The Labute approximate surface area is 138 Å². The molecule has 1 aromatic carbocycles. The van der Waals surface area contributed by atoms with Crippen LogP contribution in [0.25, 0.3) is 18.7 Å². The number of aromatic nitrogens is 1. The zero-order valence-corrected chi connectivity index (χ0v) is 13.5. The van der Waals surface area contributed by atoms with Crippen LogP contribution >= 0.6 is 11.6 Å². The summed E-state index contributed by atoms with van der Waals surface area (Å²) in [7, 11) is 1.57. The SMILES string of the molecule is C=c1o/c(=C/C=C/c2ccccc2/N=C/Cl)c(=O)n1CCOC. The Morgan fingerprint density at radius 1 is 1.43 bits per heavy atom. The van der Waals surface area contributed by atoms with Crippen LogP contribution in [-0.4, -0.2) is 24.0 Å². The van der Waals surface area contributed by atoms with Crippen LogP contribution < -0.4 is 16.5 Å². The van der Waals surface area contributed by atoms with E-state index in [1.165, 1.54) is 10.2 Å². The van der Waals surface area contributed by atoms with Gasteiger partial charge >= 0.3 is 0 Å². The molecule has 0 spiro atoms. The highest BCUT2D eigenvalue weighted by Gasteiger charge is 2.03. The second-order valence-electron chi connectivity index (χ2n) is 4.62. The molecule has 0 aliphatic carbocycles. The summed E-state index contributed by atoms with van der Waals surface area (Å²) >= 11 is 5.52. The number of hydrogen-bond acceptors (Lipinski definition) is 4. The highest BCUT2D eigenvalue weighted by molar-refractivity contribution is 6.56. The topological polar surface area (TPSA) is 56.7 Å². The van der Waals surface area contributed by atoms with Crippen LogP contribution in [0.3, 0.4) is 0 Å². The summed E-state index contributed by atoms with van der Waals surface area (Å²) in [6.07, 6.45) is 5.15. The molecule has 5 nitrogen and oxygen atoms in total. The summed E-state index contributed by atoms with van der Waals surface area (Å²) in [5.41, 5.74) is 3.12. The van der Waals surface area contributed by atoms with Crippen molar-refractivity contribution < 1.29 is 9.15 Å². The molecule has 2 aromatic rings. The molecule has 0 fully saturated rings. The van der Waals surface area contributed by atoms with Crippen molar-refractivity contribution in [3.63, 3.8) is 0 Å². The van der Waals surface area contributed by atoms with Crippen LogP contribution in [0.4, 0.5) is 5.69 Å². The average Bonchev–Trinajstić information content (AvgIpc) is 2.81. The number of rotatable bonds is 6. The third kappa shape index (κ3) is 4.31. The number of allylic oxidation sites excluding steroid dienone is 1. The summed E-state index contributed by atoms with van der Waals surface area (Å²) in [5.74, 6) is 0. The number of benzene rings is 1. The van der Waals surface area contributed by atoms with Crippen LogP contribution in [0.2, 0.25) is 0 Å². The van der Waals surface area contributed by atoms with Crippen molar-refractivity contribution in [2.75, 3.05) is 13.7 Å². The van der Waals surface area contributed by atoms with Crippen LogP contribution in [0.15, 0.2) is 44.5 Å². The number of nitrogens with zero attached hydrogens (tertiary/aromatic N) is 2. The fraction of sp³-hybridized carbons (Fsp3) is 0.176. The minimum absolute atomic E-state index is 0.223. The zero-order chi connectivity index (χ0) is 16.7. The van der Waals surface area contributed by atoms with Gasteiger partial charge < -0.3 is 9.15 Å². The Bertz CT molecular complexity index is 878. The first-order chi connectivity index (χ1) is 11.2. The predicted molar refractivity (Wildman–Crippen MR) is 93.6 cm³/mol. The molecule has 0 bridgehead atoms. The van der Waals surface area contributed by atoms with Gasteiger partial charge in [-0.2, -0.15) is 0 Å². The van der Waals surface area contributed by atoms with E-state index < -0.39 is 0 Å². The van der Waals surface area contributed by atoms with Gasteiger partial charge in [-0.15, -0.1) is 0 Å². The summed E-state index contributed by atoms with van der Waals surface area (Å²) in [6, 6.07) is 7.51. The van der Waals surface area contributed by atoms with Gasteiger partial charge in [0.25, 0.3) is 5.56 Å². The third-order valence-electron chi connectivity index (χ3n) is 3.15. The highest BCUT2D eigenvalue weighted by atomic mass is 35.5. The molecule has 0 aliphatic heterocycles. The lowest BCUT2D eigenvalue weighted by Gasteiger charge is -1.97. The minimum atomic E-state index is -0.233. The average molecular weight is 333 g/mol. The number of oxazole rings is 1. The van der Waals surface area contributed by atoms with Crippen molar-refractivity contribution in [2.45, 2.75) is 6.54 Å². The summed E-state index contributed by atoms with van der Waals surface area (Å²) in [4.78, 5) is 16.2. The van der Waals surface area contributed by atoms with Crippen molar-refractivity contribution in [1.29, 1.82) is 0 Å². The molecule has 0 saturated carbocycles. The number of hydrogen-bond donors (Lipinski definition) is 0. The zero-order valence-electron chi connectivity index (χ0n) is 12.7. The fourth-order valence-corrected chi connectivity index (χ4v) is 2.13. The molecule has 23 heavy (non-hydrogen) atoms. The Morgan fingerprint density at radius 2 is 2.22 bits per heavy atom. The van der Waals surface area contributed by atoms with Crippen LogP contribution in [0, 0.1) is 0 Å². The summed E-state index contributed by atoms with van der Waals surface area (Å²) < 4.78 is 11.8.